The lowest BCUT2D eigenvalue weighted by Gasteiger charge is -2.41. The number of rotatable bonds is 4. The molecule has 0 aromatic carbocycles. The number of nitrogens with zero attached hydrogens (tertiary/aromatic N) is 2. The van der Waals surface area contributed by atoms with Crippen molar-refractivity contribution in [2.24, 2.45) is 17.1 Å². The van der Waals surface area contributed by atoms with Crippen molar-refractivity contribution >= 4 is 0 Å². The van der Waals surface area contributed by atoms with E-state index in [1.54, 1.807) is 0 Å². The van der Waals surface area contributed by atoms with Gasteiger partial charge in [-0.2, -0.15) is 0 Å². The van der Waals surface area contributed by atoms with Crippen LogP contribution < -0.4 is 5.73 Å². The van der Waals surface area contributed by atoms with Crippen molar-refractivity contribution in [2.75, 3.05) is 39.3 Å². The van der Waals surface area contributed by atoms with Crippen LogP contribution in [0.25, 0.3) is 0 Å². The number of likely N-dealkylation sites (tertiary alicyclic amines) is 2. The molecule has 3 heteroatoms. The second kappa shape index (κ2) is 6.97. The van der Waals surface area contributed by atoms with Crippen LogP contribution in [0, 0.1) is 11.3 Å². The van der Waals surface area contributed by atoms with E-state index in [4.69, 9.17) is 5.73 Å². The Hall–Kier alpha value is -0.120. The van der Waals surface area contributed by atoms with Crippen LogP contribution in [0.5, 0.6) is 0 Å². The van der Waals surface area contributed by atoms with Gasteiger partial charge in [-0.05, 0) is 69.6 Å². The molecule has 2 heterocycles. The van der Waals surface area contributed by atoms with Crippen LogP contribution in [0.1, 0.15) is 59.8 Å². The zero-order chi connectivity index (χ0) is 15.5. The first-order valence-electron chi connectivity index (χ1n) is 9.09. The fourth-order valence-corrected chi connectivity index (χ4v) is 4.32. The third-order valence-corrected chi connectivity index (χ3v) is 6.01. The number of nitrogens with two attached hydrogens (primary N) is 1. The summed E-state index contributed by atoms with van der Waals surface area (Å²) < 4.78 is 0. The Labute approximate surface area is 132 Å². The van der Waals surface area contributed by atoms with Crippen molar-refractivity contribution in [3.05, 3.63) is 0 Å². The summed E-state index contributed by atoms with van der Waals surface area (Å²) in [4.78, 5) is 5.41. The topological polar surface area (TPSA) is 32.5 Å². The molecule has 124 valence electrons. The van der Waals surface area contributed by atoms with Crippen molar-refractivity contribution < 1.29 is 0 Å². The smallest absolute Gasteiger partial charge is 0.0344 e. The van der Waals surface area contributed by atoms with E-state index in [1.807, 2.05) is 0 Å². The minimum absolute atomic E-state index is 0.280. The molecule has 0 radical (unpaired) electrons. The average Bonchev–Trinajstić information content (AvgIpc) is 2.84. The second-order valence-electron chi connectivity index (χ2n) is 8.42. The van der Waals surface area contributed by atoms with Gasteiger partial charge in [-0.25, -0.2) is 0 Å². The van der Waals surface area contributed by atoms with Gasteiger partial charge in [0.1, 0.15) is 0 Å². The zero-order valence-corrected chi connectivity index (χ0v) is 14.8. The van der Waals surface area contributed by atoms with Gasteiger partial charge >= 0.3 is 0 Å². The third kappa shape index (κ3) is 4.00. The van der Waals surface area contributed by atoms with Crippen molar-refractivity contribution in [1.29, 1.82) is 0 Å². The summed E-state index contributed by atoms with van der Waals surface area (Å²) in [5.74, 6) is 0.830. The zero-order valence-electron chi connectivity index (χ0n) is 14.8. The molecule has 2 saturated heterocycles. The minimum Gasteiger partial charge on any atom is -0.329 e. The fourth-order valence-electron chi connectivity index (χ4n) is 4.32. The fraction of sp³-hybridized carbons (Fsp3) is 1.00. The average molecular weight is 296 g/mol. The van der Waals surface area contributed by atoms with E-state index in [2.05, 4.69) is 37.5 Å². The maximum absolute atomic E-state index is 6.30. The molecule has 3 nitrogen and oxygen atoms in total. The van der Waals surface area contributed by atoms with Gasteiger partial charge in [0, 0.05) is 18.6 Å². The van der Waals surface area contributed by atoms with Crippen LogP contribution in [0.15, 0.2) is 0 Å². The highest BCUT2D eigenvalue weighted by molar-refractivity contribution is 4.99. The van der Waals surface area contributed by atoms with Crippen LogP contribution in [-0.2, 0) is 0 Å². The Morgan fingerprint density at radius 3 is 2.48 bits per heavy atom. The molecule has 2 N–H and O–H groups in total. The molecule has 0 aliphatic carbocycles. The van der Waals surface area contributed by atoms with E-state index in [0.29, 0.717) is 5.41 Å². The molecule has 21 heavy (non-hydrogen) atoms. The summed E-state index contributed by atoms with van der Waals surface area (Å²) in [6.45, 7) is 16.6. The van der Waals surface area contributed by atoms with Crippen molar-refractivity contribution in [3.63, 3.8) is 0 Å². The highest BCUT2D eigenvalue weighted by Crippen LogP contribution is 2.39. The molecule has 2 aliphatic heterocycles. The lowest BCUT2D eigenvalue weighted by atomic mass is 9.80. The summed E-state index contributed by atoms with van der Waals surface area (Å²) in [5, 5.41) is 0. The van der Waals surface area contributed by atoms with E-state index in [-0.39, 0.29) is 5.54 Å². The second-order valence-corrected chi connectivity index (χ2v) is 8.42. The maximum Gasteiger partial charge on any atom is 0.0344 e. The molecule has 0 bridgehead atoms. The Morgan fingerprint density at radius 2 is 1.90 bits per heavy atom. The molecule has 0 aromatic rings. The molecular formula is C18H37N3. The van der Waals surface area contributed by atoms with Crippen molar-refractivity contribution in [2.45, 2.75) is 65.3 Å². The summed E-state index contributed by atoms with van der Waals surface area (Å²) in [5.41, 5.74) is 7.02. The first-order chi connectivity index (χ1) is 9.91. The van der Waals surface area contributed by atoms with E-state index >= 15 is 0 Å². The molecule has 0 aromatic heterocycles. The van der Waals surface area contributed by atoms with Crippen LogP contribution >= 0.6 is 0 Å². The van der Waals surface area contributed by atoms with Gasteiger partial charge in [0.05, 0.1) is 0 Å². The summed E-state index contributed by atoms with van der Waals surface area (Å²) in [6.07, 6.45) is 6.49. The normalized spacial score (nSPS) is 33.3. The van der Waals surface area contributed by atoms with E-state index < -0.39 is 0 Å². The molecule has 0 spiro atoms. The van der Waals surface area contributed by atoms with Crippen LogP contribution in [0.2, 0.25) is 0 Å². The van der Waals surface area contributed by atoms with E-state index in [9.17, 15) is 0 Å². The largest absolute Gasteiger partial charge is 0.329 e. The summed E-state index contributed by atoms with van der Waals surface area (Å²) >= 11 is 0. The predicted octanol–water partition coefficient (Wildman–Crippen LogP) is 2.95. The van der Waals surface area contributed by atoms with Gasteiger partial charge in [0.25, 0.3) is 0 Å². The van der Waals surface area contributed by atoms with Crippen LogP contribution in [0.4, 0.5) is 0 Å². The van der Waals surface area contributed by atoms with Gasteiger partial charge in [-0.1, -0.05) is 27.7 Å². The third-order valence-electron chi connectivity index (χ3n) is 6.01. The lowest BCUT2D eigenvalue weighted by molar-refractivity contribution is 0.0910. The molecule has 2 aliphatic rings. The molecular weight excluding hydrogens is 258 g/mol. The van der Waals surface area contributed by atoms with Crippen molar-refractivity contribution in [1.82, 2.24) is 9.80 Å². The molecule has 2 atom stereocenters. The highest BCUT2D eigenvalue weighted by Gasteiger charge is 2.42. The predicted molar refractivity (Wildman–Crippen MR) is 91.5 cm³/mol. The first-order valence-corrected chi connectivity index (χ1v) is 9.09. The van der Waals surface area contributed by atoms with Crippen molar-refractivity contribution in [3.8, 4) is 0 Å². The highest BCUT2D eigenvalue weighted by atomic mass is 15.2. The Bertz CT molecular complexity index is 323. The Balaban J connectivity index is 2.01. The van der Waals surface area contributed by atoms with Crippen LogP contribution in [0.3, 0.4) is 0 Å². The molecule has 0 amide bonds. The standard InChI is InChI=1S/C18H37N3/c1-5-10-20-11-6-8-18(15-19,9-13-20)21-12-7-16(14-21)17(2,3)4/h16H,5-15,19H2,1-4H3. The summed E-state index contributed by atoms with van der Waals surface area (Å²) in [6, 6.07) is 0. The molecule has 2 fully saturated rings. The molecule has 0 saturated carbocycles. The van der Waals surface area contributed by atoms with Gasteiger partial charge in [-0.15, -0.1) is 0 Å². The molecule has 2 unspecified atom stereocenters. The Morgan fingerprint density at radius 1 is 1.14 bits per heavy atom. The first kappa shape index (κ1) is 17.2. The van der Waals surface area contributed by atoms with E-state index in [1.165, 1.54) is 64.8 Å². The quantitative estimate of drug-likeness (QED) is 0.865. The summed E-state index contributed by atoms with van der Waals surface area (Å²) in [7, 11) is 0. The molecule has 2 rings (SSSR count). The van der Waals surface area contributed by atoms with E-state index in [0.717, 1.165) is 12.5 Å². The van der Waals surface area contributed by atoms with Gasteiger partial charge in [-0.3, -0.25) is 4.90 Å². The monoisotopic (exact) mass is 295 g/mol. The van der Waals surface area contributed by atoms with Crippen LogP contribution in [-0.4, -0.2) is 54.6 Å². The van der Waals surface area contributed by atoms with Gasteiger partial charge in [0.15, 0.2) is 0 Å². The number of hydrogen-bond donors (Lipinski definition) is 1. The minimum atomic E-state index is 0.280. The van der Waals surface area contributed by atoms with Gasteiger partial charge < -0.3 is 10.6 Å². The maximum atomic E-state index is 6.30. The number of hydrogen-bond acceptors (Lipinski definition) is 3. The Kier molecular flexibility index (Phi) is 5.72. The lowest BCUT2D eigenvalue weighted by Crippen LogP contribution is -2.53. The van der Waals surface area contributed by atoms with Gasteiger partial charge in [0.2, 0.25) is 0 Å². The SMILES string of the molecule is CCCN1CCCC(CN)(N2CCC(C(C)(C)C)C2)CC1.